The number of hydrogen-bond donors (Lipinski definition) is 2. The summed E-state index contributed by atoms with van der Waals surface area (Å²) in [6, 6.07) is 0.223. The van der Waals surface area contributed by atoms with Crippen LogP contribution >= 0.6 is 0 Å². The SMILES string of the molecule is COC1CCC(NC(=O)c2n[nH]c3c2C[C@H](C)O[C@@H]3C)CC1. The molecule has 3 rings (SSSR count). The first kappa shape index (κ1) is 15.5. The largest absolute Gasteiger partial charge is 0.381 e. The van der Waals surface area contributed by atoms with E-state index in [0.717, 1.165) is 43.4 Å². The molecule has 2 N–H and O–H groups in total. The van der Waals surface area contributed by atoms with Crippen LogP contribution in [0.1, 0.15) is 67.4 Å². The lowest BCUT2D eigenvalue weighted by molar-refractivity contribution is -0.00698. The summed E-state index contributed by atoms with van der Waals surface area (Å²) < 4.78 is 11.1. The van der Waals surface area contributed by atoms with Gasteiger partial charge >= 0.3 is 0 Å². The van der Waals surface area contributed by atoms with E-state index in [1.165, 1.54) is 0 Å². The summed E-state index contributed by atoms with van der Waals surface area (Å²) in [7, 11) is 1.75. The van der Waals surface area contributed by atoms with Gasteiger partial charge in [0, 0.05) is 25.1 Å². The fraction of sp³-hybridized carbons (Fsp3) is 0.750. The minimum absolute atomic E-state index is 0.0371. The normalized spacial score (nSPS) is 31.6. The van der Waals surface area contributed by atoms with Crippen molar-refractivity contribution in [3.8, 4) is 0 Å². The maximum atomic E-state index is 12.5. The molecule has 6 nitrogen and oxygen atoms in total. The summed E-state index contributed by atoms with van der Waals surface area (Å²) in [5.74, 6) is -0.0698. The third-order valence-electron chi connectivity index (χ3n) is 4.79. The van der Waals surface area contributed by atoms with Gasteiger partial charge in [0.2, 0.25) is 0 Å². The van der Waals surface area contributed by atoms with Crippen LogP contribution in [-0.4, -0.2) is 41.5 Å². The van der Waals surface area contributed by atoms with Crippen molar-refractivity contribution in [2.24, 2.45) is 0 Å². The van der Waals surface area contributed by atoms with Gasteiger partial charge in [-0.3, -0.25) is 9.89 Å². The zero-order valence-electron chi connectivity index (χ0n) is 13.5. The number of carbonyl (C=O) groups is 1. The van der Waals surface area contributed by atoms with Crippen LogP contribution in [0.2, 0.25) is 0 Å². The van der Waals surface area contributed by atoms with E-state index in [1.54, 1.807) is 7.11 Å². The van der Waals surface area contributed by atoms with E-state index in [-0.39, 0.29) is 24.2 Å². The van der Waals surface area contributed by atoms with Crippen LogP contribution < -0.4 is 5.32 Å². The molecule has 2 aliphatic rings. The lowest BCUT2D eigenvalue weighted by atomic mass is 9.92. The third-order valence-corrected chi connectivity index (χ3v) is 4.79. The molecule has 0 aromatic carbocycles. The Hall–Kier alpha value is -1.40. The summed E-state index contributed by atoms with van der Waals surface area (Å²) in [5, 5.41) is 10.3. The zero-order chi connectivity index (χ0) is 15.7. The summed E-state index contributed by atoms with van der Waals surface area (Å²) in [5.41, 5.74) is 2.48. The van der Waals surface area contributed by atoms with Crippen LogP contribution in [0.3, 0.4) is 0 Å². The molecule has 0 radical (unpaired) electrons. The molecule has 0 spiro atoms. The molecule has 0 unspecified atom stereocenters. The monoisotopic (exact) mass is 307 g/mol. The van der Waals surface area contributed by atoms with Gasteiger partial charge in [-0.25, -0.2) is 0 Å². The molecule has 2 atom stereocenters. The average molecular weight is 307 g/mol. The number of aromatic nitrogens is 2. The van der Waals surface area contributed by atoms with Crippen LogP contribution in [0.5, 0.6) is 0 Å². The molecule has 6 heteroatoms. The second-order valence-electron chi connectivity index (χ2n) is 6.44. The van der Waals surface area contributed by atoms with Crippen LogP contribution in [-0.2, 0) is 15.9 Å². The summed E-state index contributed by atoms with van der Waals surface area (Å²) in [6.45, 7) is 4.01. The molecular formula is C16H25N3O3. The summed E-state index contributed by atoms with van der Waals surface area (Å²) in [4.78, 5) is 12.5. The van der Waals surface area contributed by atoms with E-state index < -0.39 is 0 Å². The standard InChI is InChI=1S/C16H25N3O3/c1-9-8-13-14(10(2)22-9)18-19-15(13)16(20)17-11-4-6-12(21-3)7-5-11/h9-12H,4-8H2,1-3H3,(H,17,20)(H,18,19)/t9-,10+,11?,12?/m0/s1. The topological polar surface area (TPSA) is 76.2 Å². The number of nitrogens with zero attached hydrogens (tertiary/aromatic N) is 1. The number of hydrogen-bond acceptors (Lipinski definition) is 4. The Kier molecular flexibility index (Phi) is 4.49. The lowest BCUT2D eigenvalue weighted by Gasteiger charge is -2.28. The molecule has 1 aliphatic heterocycles. The number of fused-ring (bicyclic) bond motifs is 1. The van der Waals surface area contributed by atoms with Gasteiger partial charge in [-0.2, -0.15) is 5.10 Å². The fourth-order valence-electron chi connectivity index (χ4n) is 3.56. The Morgan fingerprint density at radius 3 is 2.73 bits per heavy atom. The van der Waals surface area contributed by atoms with Gasteiger partial charge in [-0.05, 0) is 39.5 Å². The van der Waals surface area contributed by atoms with E-state index in [1.807, 2.05) is 13.8 Å². The quantitative estimate of drug-likeness (QED) is 0.897. The second-order valence-corrected chi connectivity index (χ2v) is 6.44. The third kappa shape index (κ3) is 3.03. The van der Waals surface area contributed by atoms with Crippen molar-refractivity contribution < 1.29 is 14.3 Å². The Morgan fingerprint density at radius 2 is 2.05 bits per heavy atom. The second kappa shape index (κ2) is 6.38. The van der Waals surface area contributed by atoms with Gasteiger partial charge < -0.3 is 14.8 Å². The van der Waals surface area contributed by atoms with Gasteiger partial charge in [0.05, 0.1) is 24.0 Å². The molecule has 22 heavy (non-hydrogen) atoms. The maximum absolute atomic E-state index is 12.5. The number of methoxy groups -OCH3 is 1. The van der Waals surface area contributed by atoms with Crippen LogP contribution in [0.4, 0.5) is 0 Å². The molecule has 0 bridgehead atoms. The molecule has 1 saturated carbocycles. The van der Waals surface area contributed by atoms with Crippen molar-refractivity contribution in [1.29, 1.82) is 0 Å². The fourth-order valence-corrected chi connectivity index (χ4v) is 3.56. The molecule has 2 heterocycles. The van der Waals surface area contributed by atoms with E-state index in [0.29, 0.717) is 11.8 Å². The zero-order valence-corrected chi connectivity index (χ0v) is 13.5. The highest BCUT2D eigenvalue weighted by Gasteiger charge is 2.30. The van der Waals surface area contributed by atoms with Crippen molar-refractivity contribution in [3.63, 3.8) is 0 Å². The summed E-state index contributed by atoms with van der Waals surface area (Å²) >= 11 is 0. The first-order valence-electron chi connectivity index (χ1n) is 8.14. The number of aromatic amines is 1. The van der Waals surface area contributed by atoms with Crippen molar-refractivity contribution in [2.75, 3.05) is 7.11 Å². The van der Waals surface area contributed by atoms with Crippen molar-refractivity contribution >= 4 is 5.91 Å². The molecule has 122 valence electrons. The van der Waals surface area contributed by atoms with E-state index in [9.17, 15) is 4.79 Å². The van der Waals surface area contributed by atoms with Crippen molar-refractivity contribution in [2.45, 2.75) is 70.3 Å². The predicted octanol–water partition coefficient (Wildman–Crippen LogP) is 2.12. The van der Waals surface area contributed by atoms with E-state index in [2.05, 4.69) is 15.5 Å². The highest BCUT2D eigenvalue weighted by atomic mass is 16.5. The molecule has 1 fully saturated rings. The minimum Gasteiger partial charge on any atom is -0.381 e. The van der Waals surface area contributed by atoms with Gasteiger partial charge in [-0.1, -0.05) is 0 Å². The Morgan fingerprint density at radius 1 is 1.32 bits per heavy atom. The highest BCUT2D eigenvalue weighted by molar-refractivity contribution is 5.94. The molecule has 1 aromatic rings. The average Bonchev–Trinajstić information content (AvgIpc) is 2.92. The number of amides is 1. The first-order valence-corrected chi connectivity index (χ1v) is 8.14. The van der Waals surface area contributed by atoms with Crippen LogP contribution in [0.25, 0.3) is 0 Å². The Balaban J connectivity index is 1.66. The number of carbonyl (C=O) groups excluding carboxylic acids is 1. The maximum Gasteiger partial charge on any atom is 0.272 e. The van der Waals surface area contributed by atoms with E-state index >= 15 is 0 Å². The predicted molar refractivity (Wildman–Crippen MR) is 81.8 cm³/mol. The smallest absolute Gasteiger partial charge is 0.272 e. The van der Waals surface area contributed by atoms with Gasteiger partial charge in [0.15, 0.2) is 5.69 Å². The molecule has 0 saturated heterocycles. The van der Waals surface area contributed by atoms with Crippen LogP contribution in [0.15, 0.2) is 0 Å². The Labute approximate surface area is 130 Å². The number of nitrogens with one attached hydrogen (secondary N) is 2. The minimum atomic E-state index is -0.0698. The Bertz CT molecular complexity index is 535. The van der Waals surface area contributed by atoms with Crippen LogP contribution in [0, 0.1) is 0 Å². The number of rotatable bonds is 3. The molecular weight excluding hydrogens is 282 g/mol. The number of ether oxygens (including phenoxy) is 2. The van der Waals surface area contributed by atoms with Gasteiger partial charge in [-0.15, -0.1) is 0 Å². The summed E-state index contributed by atoms with van der Waals surface area (Å²) in [6.07, 6.45) is 5.08. The van der Waals surface area contributed by atoms with Crippen molar-refractivity contribution in [1.82, 2.24) is 15.5 Å². The first-order chi connectivity index (χ1) is 10.6. The number of H-pyrrole nitrogens is 1. The molecule has 1 aromatic heterocycles. The van der Waals surface area contributed by atoms with Gasteiger partial charge in [0.25, 0.3) is 5.91 Å². The molecule has 1 aliphatic carbocycles. The van der Waals surface area contributed by atoms with Crippen molar-refractivity contribution in [3.05, 3.63) is 17.0 Å². The highest BCUT2D eigenvalue weighted by Crippen LogP contribution is 2.30. The van der Waals surface area contributed by atoms with Gasteiger partial charge in [0.1, 0.15) is 0 Å². The van der Waals surface area contributed by atoms with E-state index in [4.69, 9.17) is 9.47 Å². The lowest BCUT2D eigenvalue weighted by Crippen LogP contribution is -2.39. The molecule has 1 amide bonds.